The first-order valence-electron chi connectivity index (χ1n) is 6.75. The Morgan fingerprint density at radius 3 is 2.74 bits per heavy atom. The summed E-state index contributed by atoms with van der Waals surface area (Å²) in [6.07, 6.45) is 1.12. The molecule has 0 aliphatic carbocycles. The van der Waals surface area contributed by atoms with Gasteiger partial charge in [-0.2, -0.15) is 0 Å². The van der Waals surface area contributed by atoms with E-state index in [9.17, 15) is 0 Å². The lowest BCUT2D eigenvalue weighted by Crippen LogP contribution is -2.21. The highest BCUT2D eigenvalue weighted by Gasteiger charge is 2.31. The molecule has 1 aromatic rings. The third kappa shape index (κ3) is 3.08. The second-order valence-electron chi connectivity index (χ2n) is 5.29. The SMILES string of the molecule is COCc1cc(OC)ccc1C1CC(CN)CN1C. The molecule has 1 saturated heterocycles. The summed E-state index contributed by atoms with van der Waals surface area (Å²) in [5, 5.41) is 0. The minimum Gasteiger partial charge on any atom is -0.497 e. The molecule has 2 rings (SSSR count). The summed E-state index contributed by atoms with van der Waals surface area (Å²) in [4.78, 5) is 2.39. The Morgan fingerprint density at radius 2 is 2.16 bits per heavy atom. The molecule has 0 spiro atoms. The first-order chi connectivity index (χ1) is 9.19. The van der Waals surface area contributed by atoms with E-state index in [4.69, 9.17) is 15.2 Å². The number of rotatable bonds is 5. The van der Waals surface area contributed by atoms with Crippen molar-refractivity contribution < 1.29 is 9.47 Å². The van der Waals surface area contributed by atoms with Gasteiger partial charge in [0.1, 0.15) is 5.75 Å². The highest BCUT2D eigenvalue weighted by atomic mass is 16.5. The van der Waals surface area contributed by atoms with Crippen LogP contribution in [0.3, 0.4) is 0 Å². The van der Waals surface area contributed by atoms with Gasteiger partial charge in [-0.1, -0.05) is 6.07 Å². The molecule has 1 aromatic carbocycles. The van der Waals surface area contributed by atoms with Crippen LogP contribution in [0.4, 0.5) is 0 Å². The molecule has 19 heavy (non-hydrogen) atoms. The van der Waals surface area contributed by atoms with E-state index >= 15 is 0 Å². The predicted octanol–water partition coefficient (Wildman–Crippen LogP) is 1.79. The normalized spacial score (nSPS) is 23.8. The third-order valence-corrected chi connectivity index (χ3v) is 3.98. The molecule has 0 bridgehead atoms. The average molecular weight is 264 g/mol. The number of benzene rings is 1. The molecule has 106 valence electrons. The fraction of sp³-hybridized carbons (Fsp3) is 0.600. The van der Waals surface area contributed by atoms with Gasteiger partial charge in [-0.3, -0.25) is 4.90 Å². The van der Waals surface area contributed by atoms with Gasteiger partial charge in [0, 0.05) is 19.7 Å². The third-order valence-electron chi connectivity index (χ3n) is 3.98. The lowest BCUT2D eigenvalue weighted by molar-refractivity contribution is 0.181. The van der Waals surface area contributed by atoms with Crippen LogP contribution in [0.5, 0.6) is 5.75 Å². The Balaban J connectivity index is 2.28. The second kappa shape index (κ2) is 6.37. The van der Waals surface area contributed by atoms with Gasteiger partial charge in [0.25, 0.3) is 0 Å². The molecule has 2 N–H and O–H groups in total. The van der Waals surface area contributed by atoms with Crippen molar-refractivity contribution in [1.29, 1.82) is 0 Å². The number of hydrogen-bond donors (Lipinski definition) is 1. The van der Waals surface area contributed by atoms with Crippen molar-refractivity contribution in [2.45, 2.75) is 19.1 Å². The average Bonchev–Trinajstić information content (AvgIpc) is 2.80. The second-order valence-corrected chi connectivity index (χ2v) is 5.29. The number of likely N-dealkylation sites (tertiary alicyclic amines) is 1. The molecule has 0 amide bonds. The van der Waals surface area contributed by atoms with E-state index in [1.54, 1.807) is 14.2 Å². The number of hydrogen-bond acceptors (Lipinski definition) is 4. The standard InChI is InChI=1S/C15H24N2O2/c1-17-9-11(8-16)6-15(17)14-5-4-13(19-3)7-12(14)10-18-2/h4-5,7,11,15H,6,8-10,16H2,1-3H3. The maximum atomic E-state index is 5.81. The van der Waals surface area contributed by atoms with E-state index in [1.807, 2.05) is 6.07 Å². The van der Waals surface area contributed by atoms with E-state index in [1.165, 1.54) is 11.1 Å². The minimum absolute atomic E-state index is 0.435. The molecule has 1 heterocycles. The largest absolute Gasteiger partial charge is 0.497 e. The van der Waals surface area contributed by atoms with E-state index in [0.717, 1.165) is 25.3 Å². The van der Waals surface area contributed by atoms with Crippen molar-refractivity contribution in [3.8, 4) is 5.75 Å². The molecule has 0 aromatic heterocycles. The van der Waals surface area contributed by atoms with Crippen LogP contribution in [-0.4, -0.2) is 39.3 Å². The quantitative estimate of drug-likeness (QED) is 0.881. The zero-order valence-electron chi connectivity index (χ0n) is 12.1. The number of methoxy groups -OCH3 is 2. The first kappa shape index (κ1) is 14.3. The van der Waals surface area contributed by atoms with Crippen LogP contribution < -0.4 is 10.5 Å². The smallest absolute Gasteiger partial charge is 0.119 e. The summed E-state index contributed by atoms with van der Waals surface area (Å²) in [5.41, 5.74) is 8.35. The maximum absolute atomic E-state index is 5.81. The van der Waals surface area contributed by atoms with Crippen LogP contribution >= 0.6 is 0 Å². The van der Waals surface area contributed by atoms with Gasteiger partial charge in [0.2, 0.25) is 0 Å². The highest BCUT2D eigenvalue weighted by Crippen LogP contribution is 2.36. The summed E-state index contributed by atoms with van der Waals surface area (Å²) in [6, 6.07) is 6.69. The number of ether oxygens (including phenoxy) is 2. The summed E-state index contributed by atoms with van der Waals surface area (Å²) in [5.74, 6) is 1.47. The van der Waals surface area contributed by atoms with Crippen LogP contribution in [0.25, 0.3) is 0 Å². The molecule has 1 aliphatic rings. The van der Waals surface area contributed by atoms with E-state index in [2.05, 4.69) is 24.1 Å². The summed E-state index contributed by atoms with van der Waals surface area (Å²) in [7, 11) is 5.59. The molecular weight excluding hydrogens is 240 g/mol. The van der Waals surface area contributed by atoms with Gasteiger partial charge in [-0.15, -0.1) is 0 Å². The molecule has 0 saturated carbocycles. The molecule has 0 radical (unpaired) electrons. The van der Waals surface area contributed by atoms with Crippen LogP contribution in [0.2, 0.25) is 0 Å². The fourth-order valence-corrected chi connectivity index (χ4v) is 2.95. The monoisotopic (exact) mass is 264 g/mol. The molecule has 1 fully saturated rings. The van der Waals surface area contributed by atoms with Crippen LogP contribution in [-0.2, 0) is 11.3 Å². The van der Waals surface area contributed by atoms with Crippen molar-refractivity contribution in [2.75, 3.05) is 34.4 Å². The van der Waals surface area contributed by atoms with Gasteiger partial charge in [0.15, 0.2) is 0 Å². The van der Waals surface area contributed by atoms with Gasteiger partial charge >= 0.3 is 0 Å². The number of nitrogens with two attached hydrogens (primary N) is 1. The zero-order valence-corrected chi connectivity index (χ0v) is 12.1. The predicted molar refractivity (Wildman–Crippen MR) is 76.2 cm³/mol. The zero-order chi connectivity index (χ0) is 13.8. The maximum Gasteiger partial charge on any atom is 0.119 e. The molecule has 4 heteroatoms. The van der Waals surface area contributed by atoms with Crippen molar-refractivity contribution in [3.63, 3.8) is 0 Å². The van der Waals surface area contributed by atoms with Crippen molar-refractivity contribution in [1.82, 2.24) is 4.90 Å². The van der Waals surface area contributed by atoms with E-state index in [0.29, 0.717) is 18.6 Å². The van der Waals surface area contributed by atoms with Gasteiger partial charge in [0.05, 0.1) is 13.7 Å². The number of nitrogens with zero attached hydrogens (tertiary/aromatic N) is 1. The Morgan fingerprint density at radius 1 is 1.37 bits per heavy atom. The first-order valence-corrected chi connectivity index (χ1v) is 6.75. The molecular formula is C15H24N2O2. The summed E-state index contributed by atoms with van der Waals surface area (Å²) < 4.78 is 10.6. The van der Waals surface area contributed by atoms with Gasteiger partial charge in [-0.25, -0.2) is 0 Å². The van der Waals surface area contributed by atoms with E-state index in [-0.39, 0.29) is 0 Å². The van der Waals surface area contributed by atoms with Crippen LogP contribution in [0, 0.1) is 5.92 Å². The lowest BCUT2D eigenvalue weighted by Gasteiger charge is -2.23. The fourth-order valence-electron chi connectivity index (χ4n) is 2.95. The Kier molecular flexibility index (Phi) is 4.80. The van der Waals surface area contributed by atoms with Crippen molar-refractivity contribution in [2.24, 2.45) is 11.7 Å². The molecule has 1 aliphatic heterocycles. The topological polar surface area (TPSA) is 47.7 Å². The van der Waals surface area contributed by atoms with Crippen LogP contribution in [0.1, 0.15) is 23.6 Å². The summed E-state index contributed by atoms with van der Waals surface area (Å²) in [6.45, 7) is 2.44. The Bertz CT molecular complexity index is 423. The van der Waals surface area contributed by atoms with Crippen LogP contribution in [0.15, 0.2) is 18.2 Å². The lowest BCUT2D eigenvalue weighted by atomic mass is 9.95. The Labute approximate surface area is 115 Å². The molecule has 4 nitrogen and oxygen atoms in total. The molecule has 2 unspecified atom stereocenters. The Hall–Kier alpha value is -1.10. The van der Waals surface area contributed by atoms with Crippen molar-refractivity contribution in [3.05, 3.63) is 29.3 Å². The van der Waals surface area contributed by atoms with Gasteiger partial charge < -0.3 is 15.2 Å². The van der Waals surface area contributed by atoms with E-state index < -0.39 is 0 Å². The highest BCUT2D eigenvalue weighted by molar-refractivity contribution is 5.37. The van der Waals surface area contributed by atoms with Crippen molar-refractivity contribution >= 4 is 0 Å². The van der Waals surface area contributed by atoms with Gasteiger partial charge in [-0.05, 0) is 49.2 Å². The minimum atomic E-state index is 0.435. The summed E-state index contributed by atoms with van der Waals surface area (Å²) >= 11 is 0. The molecule has 2 atom stereocenters.